The average Bonchev–Trinajstić information content (AvgIpc) is 1.65. The van der Waals surface area contributed by atoms with Gasteiger partial charge in [0.25, 0.3) is 0 Å². The number of carbonyl (C=O) groups is 1. The van der Waals surface area contributed by atoms with Crippen LogP contribution in [-0.4, -0.2) is 22.8 Å². The van der Waals surface area contributed by atoms with E-state index in [9.17, 15) is 4.79 Å². The number of guanidine groups is 1. The Hall–Kier alpha value is -0.910. The van der Waals surface area contributed by atoms with Gasteiger partial charge in [0.15, 0.2) is 5.96 Å². The minimum atomic E-state index is -0.881. The minimum Gasteiger partial charge on any atom is -0.481 e. The van der Waals surface area contributed by atoms with Crippen LogP contribution in [0.2, 0.25) is 0 Å². The fourth-order valence-corrected chi connectivity index (χ4v) is 0. The summed E-state index contributed by atoms with van der Waals surface area (Å²) in [4.78, 5) is 9.29. The van der Waals surface area contributed by atoms with Crippen molar-refractivity contribution in [3.63, 3.8) is 0 Å². The summed E-state index contributed by atoms with van der Waals surface area (Å²) < 4.78 is 0. The Bertz CT molecular complexity index is 101. The van der Waals surface area contributed by atoms with E-state index in [4.69, 9.17) is 10.5 Å². The van der Waals surface area contributed by atoms with Crippen molar-refractivity contribution >= 4 is 24.6 Å². The van der Waals surface area contributed by atoms with Crippen molar-refractivity contribution in [3.05, 3.63) is 0 Å². The minimum absolute atomic E-state index is 0.0833. The number of carboxylic acid groups (broad SMARTS) is 1. The topological polar surface area (TPSA) is 113 Å². The first-order valence-corrected chi connectivity index (χ1v) is 2.56. The van der Waals surface area contributed by atoms with E-state index in [2.05, 4.69) is 24.1 Å². The Balaban J connectivity index is 0. The maximum absolute atomic E-state index is 9.29. The van der Waals surface area contributed by atoms with Crippen molar-refractivity contribution < 1.29 is 9.90 Å². The van der Waals surface area contributed by atoms with Crippen molar-refractivity contribution in [1.82, 2.24) is 0 Å². The normalized spacial score (nSPS) is 6.78. The third kappa shape index (κ3) is 155. The van der Waals surface area contributed by atoms with Gasteiger partial charge in [0.05, 0.1) is 5.75 Å². The molecule has 5 nitrogen and oxygen atoms in total. The van der Waals surface area contributed by atoms with Crippen molar-refractivity contribution in [2.24, 2.45) is 11.5 Å². The Morgan fingerprint density at radius 1 is 1.67 bits per heavy atom. The summed E-state index contributed by atoms with van der Waals surface area (Å²) in [7, 11) is 0. The lowest BCUT2D eigenvalue weighted by Crippen LogP contribution is -2.20. The van der Waals surface area contributed by atoms with E-state index < -0.39 is 5.97 Å². The molecule has 0 aliphatic heterocycles. The monoisotopic (exact) mass is 151 g/mol. The van der Waals surface area contributed by atoms with Gasteiger partial charge in [0, 0.05) is 0 Å². The second kappa shape index (κ2) is 7.09. The lowest BCUT2D eigenvalue weighted by atomic mass is 10.8. The molecule has 0 rings (SSSR count). The molecule has 0 fully saturated rings. The van der Waals surface area contributed by atoms with Gasteiger partial charge < -0.3 is 16.6 Å². The van der Waals surface area contributed by atoms with Crippen LogP contribution < -0.4 is 11.5 Å². The molecule has 0 bridgehead atoms. The van der Waals surface area contributed by atoms with Crippen LogP contribution in [-0.2, 0) is 4.79 Å². The van der Waals surface area contributed by atoms with Crippen LogP contribution in [0.3, 0.4) is 0 Å². The van der Waals surface area contributed by atoms with Gasteiger partial charge in [-0.05, 0) is 0 Å². The van der Waals surface area contributed by atoms with E-state index in [0.29, 0.717) is 0 Å². The first-order chi connectivity index (χ1) is 4.00. The molecule has 0 aliphatic rings. The zero-order valence-corrected chi connectivity index (χ0v) is 5.56. The van der Waals surface area contributed by atoms with Gasteiger partial charge in [0.1, 0.15) is 0 Å². The van der Waals surface area contributed by atoms with Gasteiger partial charge in [0.2, 0.25) is 0 Å². The van der Waals surface area contributed by atoms with E-state index in [1.807, 2.05) is 0 Å². The number of nitrogens with one attached hydrogen (secondary N) is 1. The molecule has 0 saturated carbocycles. The smallest absolute Gasteiger partial charge is 0.313 e. The fraction of sp³-hybridized carbons (Fsp3) is 0.333. The molecule has 6 heteroatoms. The van der Waals surface area contributed by atoms with E-state index in [1.165, 1.54) is 0 Å². The first kappa shape index (κ1) is 11.0. The maximum Gasteiger partial charge on any atom is 0.313 e. The molecule has 0 unspecified atom stereocenters. The molecule has 0 aromatic carbocycles. The van der Waals surface area contributed by atoms with Gasteiger partial charge in [-0.1, -0.05) is 0 Å². The van der Waals surface area contributed by atoms with Crippen molar-refractivity contribution in [2.45, 2.75) is 0 Å². The highest BCUT2D eigenvalue weighted by Gasteiger charge is 1.81. The number of hydrogen-bond acceptors (Lipinski definition) is 3. The largest absolute Gasteiger partial charge is 0.481 e. The fourth-order valence-electron chi connectivity index (χ4n) is 0. The third-order valence-electron chi connectivity index (χ3n) is 0.135. The second-order valence-electron chi connectivity index (χ2n) is 1.01. The van der Waals surface area contributed by atoms with E-state index in [1.54, 1.807) is 0 Å². The summed E-state index contributed by atoms with van der Waals surface area (Å²) in [6, 6.07) is 0. The van der Waals surface area contributed by atoms with E-state index in [-0.39, 0.29) is 11.7 Å². The van der Waals surface area contributed by atoms with Crippen LogP contribution >= 0.6 is 12.6 Å². The zero-order valence-electron chi connectivity index (χ0n) is 4.66. The molecular weight excluding hydrogens is 142 g/mol. The molecule has 0 atom stereocenters. The van der Waals surface area contributed by atoms with Gasteiger partial charge in [-0.25, -0.2) is 0 Å². The number of thiol groups is 1. The Labute approximate surface area is 58.0 Å². The molecule has 0 amide bonds. The van der Waals surface area contributed by atoms with Crippen molar-refractivity contribution in [3.8, 4) is 0 Å². The molecule has 0 heterocycles. The lowest BCUT2D eigenvalue weighted by molar-refractivity contribution is -0.133. The molecule has 0 spiro atoms. The van der Waals surface area contributed by atoms with Crippen LogP contribution in [0.1, 0.15) is 0 Å². The first-order valence-electron chi connectivity index (χ1n) is 1.92. The predicted molar refractivity (Wildman–Crippen MR) is 37.6 cm³/mol. The van der Waals surface area contributed by atoms with Crippen LogP contribution in [0.5, 0.6) is 0 Å². The van der Waals surface area contributed by atoms with E-state index >= 15 is 0 Å². The number of carboxylic acids is 1. The number of aliphatic carboxylic acids is 1. The molecule has 9 heavy (non-hydrogen) atoms. The number of hydrogen-bond donors (Lipinski definition) is 5. The maximum atomic E-state index is 9.29. The quantitative estimate of drug-likeness (QED) is 0.185. The highest BCUT2D eigenvalue weighted by atomic mass is 32.1. The molecule has 0 radical (unpaired) electrons. The molecule has 0 aliphatic carbocycles. The lowest BCUT2D eigenvalue weighted by Gasteiger charge is -1.71. The van der Waals surface area contributed by atoms with Gasteiger partial charge in [-0.2, -0.15) is 12.6 Å². The average molecular weight is 151 g/mol. The van der Waals surface area contributed by atoms with Gasteiger partial charge in [-0.3, -0.25) is 10.2 Å². The summed E-state index contributed by atoms with van der Waals surface area (Å²) in [6.45, 7) is 0. The van der Waals surface area contributed by atoms with Crippen molar-refractivity contribution in [1.29, 1.82) is 5.41 Å². The standard InChI is InChI=1S/C2H4O2S.CH5N3/c3-2(4)1-5;2-1(3)4/h5H,1H2,(H,3,4);(H5,2,3,4). The van der Waals surface area contributed by atoms with Crippen LogP contribution in [0.25, 0.3) is 0 Å². The summed E-state index contributed by atoms with van der Waals surface area (Å²) in [5.41, 5.74) is 8.94. The van der Waals surface area contributed by atoms with Crippen LogP contribution in [0.15, 0.2) is 0 Å². The summed E-state index contributed by atoms with van der Waals surface area (Å²) in [6.07, 6.45) is 0. The summed E-state index contributed by atoms with van der Waals surface area (Å²) in [5.74, 6) is -1.30. The van der Waals surface area contributed by atoms with Crippen LogP contribution in [0.4, 0.5) is 0 Å². The third-order valence-corrected chi connectivity index (χ3v) is 0.406. The number of nitrogens with two attached hydrogens (primary N) is 2. The summed E-state index contributed by atoms with van der Waals surface area (Å²) in [5, 5.41) is 13.7. The molecule has 0 saturated heterocycles. The molecule has 54 valence electrons. The zero-order chi connectivity index (χ0) is 7.86. The molecule has 6 N–H and O–H groups in total. The SMILES string of the molecule is N=C(N)N.O=C(O)CS. The Morgan fingerprint density at radius 3 is 1.78 bits per heavy atom. The molecule has 0 aromatic rings. The van der Waals surface area contributed by atoms with Crippen molar-refractivity contribution in [2.75, 3.05) is 5.75 Å². The highest BCUT2D eigenvalue weighted by molar-refractivity contribution is 7.81. The van der Waals surface area contributed by atoms with E-state index in [0.717, 1.165) is 0 Å². The summed E-state index contributed by atoms with van der Waals surface area (Å²) >= 11 is 3.42. The predicted octanol–water partition coefficient (Wildman–Crippen LogP) is -1.16. The molecule has 0 aromatic heterocycles. The molecular formula is C3H9N3O2S. The Morgan fingerprint density at radius 2 is 1.78 bits per heavy atom. The van der Waals surface area contributed by atoms with Crippen LogP contribution in [0, 0.1) is 5.41 Å². The number of rotatable bonds is 1. The van der Waals surface area contributed by atoms with Gasteiger partial charge >= 0.3 is 5.97 Å². The highest BCUT2D eigenvalue weighted by Crippen LogP contribution is 1.66. The van der Waals surface area contributed by atoms with Gasteiger partial charge in [-0.15, -0.1) is 0 Å². The Kier molecular flexibility index (Phi) is 8.64. The second-order valence-corrected chi connectivity index (χ2v) is 1.32.